The number of hydrogen-bond donors (Lipinski definition) is 2. The maximum atomic E-state index is 5.97. The Labute approximate surface area is 113 Å². The zero-order valence-electron chi connectivity index (χ0n) is 11.3. The molecular weight excluding hydrogens is 236 g/mol. The van der Waals surface area contributed by atoms with Gasteiger partial charge in [-0.15, -0.1) is 0 Å². The first-order chi connectivity index (χ1) is 9.22. The Morgan fingerprint density at radius 2 is 2.05 bits per heavy atom. The quantitative estimate of drug-likeness (QED) is 0.885. The normalized spacial score (nSPS) is 16.1. The van der Waals surface area contributed by atoms with Gasteiger partial charge in [0, 0.05) is 17.6 Å². The molecule has 0 aliphatic heterocycles. The molecule has 0 saturated heterocycles. The topological polar surface area (TPSA) is 63.8 Å². The summed E-state index contributed by atoms with van der Waals surface area (Å²) in [7, 11) is 0. The SMILES string of the molecule is Cc1nc(N)c2cc(NCC3CCCC3)ccc2n1. The van der Waals surface area contributed by atoms with Crippen LogP contribution in [0.25, 0.3) is 10.9 Å². The van der Waals surface area contributed by atoms with Crippen LogP contribution in [0, 0.1) is 12.8 Å². The highest BCUT2D eigenvalue weighted by Crippen LogP contribution is 2.26. The summed E-state index contributed by atoms with van der Waals surface area (Å²) < 4.78 is 0. The fourth-order valence-electron chi connectivity index (χ4n) is 2.86. The molecule has 0 radical (unpaired) electrons. The molecule has 1 aromatic heterocycles. The van der Waals surface area contributed by atoms with Crippen LogP contribution in [-0.4, -0.2) is 16.5 Å². The first-order valence-corrected chi connectivity index (χ1v) is 7.00. The van der Waals surface area contributed by atoms with E-state index in [-0.39, 0.29) is 0 Å². The number of benzene rings is 1. The van der Waals surface area contributed by atoms with E-state index in [1.807, 2.05) is 13.0 Å². The standard InChI is InChI=1S/C15H20N4/c1-10-18-14-7-6-12(8-13(14)15(16)19-10)17-9-11-4-2-3-5-11/h6-8,11,17H,2-5,9H2,1H3,(H2,16,18,19). The molecule has 0 atom stereocenters. The highest BCUT2D eigenvalue weighted by Gasteiger charge is 2.14. The van der Waals surface area contributed by atoms with E-state index in [9.17, 15) is 0 Å². The molecule has 4 nitrogen and oxygen atoms in total. The zero-order chi connectivity index (χ0) is 13.2. The zero-order valence-corrected chi connectivity index (χ0v) is 11.3. The second-order valence-electron chi connectivity index (χ2n) is 5.42. The number of nitrogen functional groups attached to an aromatic ring is 1. The predicted molar refractivity (Wildman–Crippen MR) is 79.1 cm³/mol. The summed E-state index contributed by atoms with van der Waals surface area (Å²) in [5, 5.41) is 4.44. The van der Waals surface area contributed by atoms with Crippen LogP contribution in [0.4, 0.5) is 11.5 Å². The van der Waals surface area contributed by atoms with Crippen molar-refractivity contribution >= 4 is 22.4 Å². The Kier molecular flexibility index (Phi) is 3.23. The predicted octanol–water partition coefficient (Wildman–Crippen LogP) is 3.12. The van der Waals surface area contributed by atoms with Crippen LogP contribution in [0.3, 0.4) is 0 Å². The highest BCUT2D eigenvalue weighted by molar-refractivity contribution is 5.90. The summed E-state index contributed by atoms with van der Waals surface area (Å²) in [4.78, 5) is 8.62. The minimum atomic E-state index is 0.562. The van der Waals surface area contributed by atoms with Crippen LogP contribution in [0.2, 0.25) is 0 Å². The summed E-state index contributed by atoms with van der Waals surface area (Å²) in [5.41, 5.74) is 7.99. The third-order valence-corrected chi connectivity index (χ3v) is 3.91. The molecule has 1 aromatic carbocycles. The van der Waals surface area contributed by atoms with E-state index in [0.717, 1.165) is 34.9 Å². The van der Waals surface area contributed by atoms with Gasteiger partial charge in [-0.25, -0.2) is 9.97 Å². The van der Waals surface area contributed by atoms with Crippen LogP contribution in [0.15, 0.2) is 18.2 Å². The monoisotopic (exact) mass is 256 g/mol. The van der Waals surface area contributed by atoms with Gasteiger partial charge in [-0.2, -0.15) is 0 Å². The van der Waals surface area contributed by atoms with Crippen LogP contribution in [0.1, 0.15) is 31.5 Å². The van der Waals surface area contributed by atoms with Gasteiger partial charge < -0.3 is 11.1 Å². The second kappa shape index (κ2) is 5.03. The smallest absolute Gasteiger partial charge is 0.135 e. The molecular formula is C15H20N4. The largest absolute Gasteiger partial charge is 0.385 e. The van der Waals surface area contributed by atoms with Crippen LogP contribution >= 0.6 is 0 Å². The van der Waals surface area contributed by atoms with Crippen LogP contribution < -0.4 is 11.1 Å². The maximum Gasteiger partial charge on any atom is 0.135 e. The lowest BCUT2D eigenvalue weighted by atomic mass is 10.1. The highest BCUT2D eigenvalue weighted by atomic mass is 14.9. The van der Waals surface area contributed by atoms with E-state index in [2.05, 4.69) is 27.4 Å². The lowest BCUT2D eigenvalue weighted by Crippen LogP contribution is -2.10. The van der Waals surface area contributed by atoms with Crippen molar-refractivity contribution in [2.45, 2.75) is 32.6 Å². The van der Waals surface area contributed by atoms with Crippen molar-refractivity contribution in [1.82, 2.24) is 9.97 Å². The van der Waals surface area contributed by atoms with E-state index in [1.165, 1.54) is 25.7 Å². The second-order valence-corrected chi connectivity index (χ2v) is 5.42. The lowest BCUT2D eigenvalue weighted by molar-refractivity contribution is 0.580. The van der Waals surface area contributed by atoms with Gasteiger partial charge in [-0.3, -0.25) is 0 Å². The van der Waals surface area contributed by atoms with Gasteiger partial charge in [0.25, 0.3) is 0 Å². The first kappa shape index (κ1) is 12.2. The maximum absolute atomic E-state index is 5.97. The third kappa shape index (κ3) is 2.62. The molecule has 0 amide bonds. The summed E-state index contributed by atoms with van der Waals surface area (Å²) in [6.45, 7) is 2.92. The molecule has 1 aliphatic rings. The minimum Gasteiger partial charge on any atom is -0.385 e. The van der Waals surface area contributed by atoms with E-state index >= 15 is 0 Å². The Morgan fingerprint density at radius 3 is 2.84 bits per heavy atom. The Morgan fingerprint density at radius 1 is 1.26 bits per heavy atom. The molecule has 4 heteroatoms. The lowest BCUT2D eigenvalue weighted by Gasteiger charge is -2.12. The van der Waals surface area contributed by atoms with Crippen molar-refractivity contribution in [2.75, 3.05) is 17.6 Å². The third-order valence-electron chi connectivity index (χ3n) is 3.91. The van der Waals surface area contributed by atoms with Gasteiger partial charge in [0.05, 0.1) is 5.52 Å². The van der Waals surface area contributed by atoms with Gasteiger partial charge >= 0.3 is 0 Å². The number of rotatable bonds is 3. The molecule has 3 rings (SSSR count). The van der Waals surface area contributed by atoms with Crippen LogP contribution in [0.5, 0.6) is 0 Å². The Bertz CT molecular complexity index is 588. The number of anilines is 2. The van der Waals surface area contributed by atoms with Gasteiger partial charge in [-0.1, -0.05) is 12.8 Å². The molecule has 1 heterocycles. The van der Waals surface area contributed by atoms with Crippen molar-refractivity contribution in [3.63, 3.8) is 0 Å². The van der Waals surface area contributed by atoms with Gasteiger partial charge in [0.2, 0.25) is 0 Å². The average molecular weight is 256 g/mol. The summed E-state index contributed by atoms with van der Waals surface area (Å²) in [6.07, 6.45) is 5.46. The molecule has 0 bridgehead atoms. The Balaban J connectivity index is 1.80. The first-order valence-electron chi connectivity index (χ1n) is 7.00. The summed E-state index contributed by atoms with van der Waals surface area (Å²) in [5.74, 6) is 2.10. The van der Waals surface area contributed by atoms with E-state index in [4.69, 9.17) is 5.73 Å². The molecule has 100 valence electrons. The summed E-state index contributed by atoms with van der Waals surface area (Å²) >= 11 is 0. The van der Waals surface area contributed by atoms with Gasteiger partial charge in [-0.05, 0) is 43.9 Å². The molecule has 1 fully saturated rings. The van der Waals surface area contributed by atoms with Crippen molar-refractivity contribution < 1.29 is 0 Å². The molecule has 19 heavy (non-hydrogen) atoms. The molecule has 1 saturated carbocycles. The average Bonchev–Trinajstić information content (AvgIpc) is 2.89. The van der Waals surface area contributed by atoms with Gasteiger partial charge in [0.15, 0.2) is 0 Å². The molecule has 0 unspecified atom stereocenters. The van der Waals surface area contributed by atoms with Crippen molar-refractivity contribution in [3.05, 3.63) is 24.0 Å². The molecule has 3 N–H and O–H groups in total. The van der Waals surface area contributed by atoms with E-state index < -0.39 is 0 Å². The fraction of sp³-hybridized carbons (Fsp3) is 0.467. The van der Waals surface area contributed by atoms with Crippen molar-refractivity contribution in [3.8, 4) is 0 Å². The number of hydrogen-bond acceptors (Lipinski definition) is 4. The number of nitrogens with zero attached hydrogens (tertiary/aromatic N) is 2. The van der Waals surface area contributed by atoms with E-state index in [1.54, 1.807) is 0 Å². The van der Waals surface area contributed by atoms with Crippen LogP contribution in [-0.2, 0) is 0 Å². The van der Waals surface area contributed by atoms with Crippen molar-refractivity contribution in [2.24, 2.45) is 5.92 Å². The van der Waals surface area contributed by atoms with Crippen molar-refractivity contribution in [1.29, 1.82) is 0 Å². The molecule has 2 aromatic rings. The van der Waals surface area contributed by atoms with Gasteiger partial charge in [0.1, 0.15) is 11.6 Å². The Hall–Kier alpha value is -1.84. The number of aromatic nitrogens is 2. The number of fused-ring (bicyclic) bond motifs is 1. The number of aryl methyl sites for hydroxylation is 1. The molecule has 0 spiro atoms. The fourth-order valence-corrected chi connectivity index (χ4v) is 2.86. The van der Waals surface area contributed by atoms with E-state index in [0.29, 0.717) is 5.82 Å². The molecule has 1 aliphatic carbocycles. The number of nitrogens with one attached hydrogen (secondary N) is 1. The number of nitrogens with two attached hydrogens (primary N) is 1. The summed E-state index contributed by atoms with van der Waals surface area (Å²) in [6, 6.07) is 6.14. The minimum absolute atomic E-state index is 0.562.